The molecule has 0 unspecified atom stereocenters. The number of ether oxygens (including phenoxy) is 1. The number of carbonyl (C=O) groups is 1. The number of anilines is 1. The maximum Gasteiger partial charge on any atom is 0.266 e. The Kier molecular flexibility index (Phi) is 7.08. The Hall–Kier alpha value is -3.33. The second-order valence-electron chi connectivity index (χ2n) is 6.24. The van der Waals surface area contributed by atoms with Gasteiger partial charge in [0, 0.05) is 21.3 Å². The van der Waals surface area contributed by atoms with Gasteiger partial charge in [-0.25, -0.2) is 4.39 Å². The van der Waals surface area contributed by atoms with Crippen LogP contribution in [0.2, 0.25) is 10.0 Å². The van der Waals surface area contributed by atoms with E-state index in [9.17, 15) is 14.4 Å². The van der Waals surface area contributed by atoms with Crippen LogP contribution in [0.4, 0.5) is 10.1 Å². The van der Waals surface area contributed by atoms with Crippen molar-refractivity contribution >= 4 is 40.9 Å². The monoisotopic (exact) mass is 440 g/mol. The molecule has 0 fully saturated rings. The van der Waals surface area contributed by atoms with Crippen LogP contribution in [-0.4, -0.2) is 5.91 Å². The summed E-state index contributed by atoms with van der Waals surface area (Å²) in [5.41, 5.74) is 1.39. The van der Waals surface area contributed by atoms with Gasteiger partial charge in [0.05, 0.1) is 0 Å². The van der Waals surface area contributed by atoms with Crippen molar-refractivity contribution in [2.45, 2.75) is 6.61 Å². The summed E-state index contributed by atoms with van der Waals surface area (Å²) >= 11 is 12.0. The number of nitrogens with one attached hydrogen (secondary N) is 1. The Morgan fingerprint density at radius 2 is 1.83 bits per heavy atom. The highest BCUT2D eigenvalue weighted by Gasteiger charge is 2.12. The first-order valence-corrected chi connectivity index (χ1v) is 9.56. The van der Waals surface area contributed by atoms with Crippen LogP contribution < -0.4 is 10.1 Å². The summed E-state index contributed by atoms with van der Waals surface area (Å²) < 4.78 is 19.1. The Morgan fingerprint density at radius 1 is 1.07 bits per heavy atom. The molecule has 7 heteroatoms. The largest absolute Gasteiger partial charge is 0.488 e. The molecule has 0 bridgehead atoms. The summed E-state index contributed by atoms with van der Waals surface area (Å²) in [5, 5.41) is 13.0. The highest BCUT2D eigenvalue weighted by atomic mass is 35.5. The predicted molar refractivity (Wildman–Crippen MR) is 116 cm³/mol. The van der Waals surface area contributed by atoms with Gasteiger partial charge in [0.1, 0.15) is 29.8 Å². The van der Waals surface area contributed by atoms with Crippen molar-refractivity contribution < 1.29 is 13.9 Å². The molecule has 3 rings (SSSR count). The lowest BCUT2D eigenvalue weighted by molar-refractivity contribution is -0.112. The summed E-state index contributed by atoms with van der Waals surface area (Å²) in [5.74, 6) is -0.570. The lowest BCUT2D eigenvalue weighted by Crippen LogP contribution is -2.13. The van der Waals surface area contributed by atoms with Crippen molar-refractivity contribution in [1.82, 2.24) is 0 Å². The van der Waals surface area contributed by atoms with E-state index in [-0.39, 0.29) is 18.0 Å². The van der Waals surface area contributed by atoms with Gasteiger partial charge < -0.3 is 10.1 Å². The van der Waals surface area contributed by atoms with E-state index >= 15 is 0 Å². The van der Waals surface area contributed by atoms with Crippen molar-refractivity contribution in [3.8, 4) is 11.8 Å². The molecule has 0 heterocycles. The zero-order valence-corrected chi connectivity index (χ0v) is 17.0. The summed E-state index contributed by atoms with van der Waals surface area (Å²) in [6, 6.07) is 19.3. The van der Waals surface area contributed by atoms with E-state index in [1.54, 1.807) is 54.6 Å². The molecular formula is C23H15Cl2FN2O2. The molecule has 3 aromatic carbocycles. The number of halogens is 3. The number of nitrogens with zero attached hydrogens (tertiary/aromatic N) is 1. The minimum atomic E-state index is -0.601. The fourth-order valence-corrected chi connectivity index (χ4v) is 2.99. The van der Waals surface area contributed by atoms with Crippen LogP contribution in [0.1, 0.15) is 11.1 Å². The minimum absolute atomic E-state index is 0.108. The molecule has 0 radical (unpaired) electrons. The number of amides is 1. The molecule has 4 nitrogen and oxygen atoms in total. The molecule has 150 valence electrons. The van der Waals surface area contributed by atoms with Gasteiger partial charge in [0.15, 0.2) is 0 Å². The van der Waals surface area contributed by atoms with E-state index in [0.29, 0.717) is 32.6 Å². The zero-order chi connectivity index (χ0) is 21.5. The highest BCUT2D eigenvalue weighted by molar-refractivity contribution is 6.31. The van der Waals surface area contributed by atoms with Crippen molar-refractivity contribution in [1.29, 1.82) is 5.26 Å². The maximum absolute atomic E-state index is 13.4. The Morgan fingerprint density at radius 3 is 2.57 bits per heavy atom. The lowest BCUT2D eigenvalue weighted by Gasteiger charge is -2.11. The highest BCUT2D eigenvalue weighted by Crippen LogP contribution is 2.27. The van der Waals surface area contributed by atoms with Crippen LogP contribution in [0.25, 0.3) is 6.08 Å². The lowest BCUT2D eigenvalue weighted by atomic mass is 10.1. The molecule has 0 aromatic heterocycles. The third-order valence-corrected chi connectivity index (χ3v) is 4.47. The Balaban J connectivity index is 1.83. The van der Waals surface area contributed by atoms with Gasteiger partial charge in [-0.2, -0.15) is 5.26 Å². The average molecular weight is 441 g/mol. The van der Waals surface area contributed by atoms with Gasteiger partial charge in [0.2, 0.25) is 0 Å². The molecule has 0 aliphatic rings. The predicted octanol–water partition coefficient (Wildman–Crippen LogP) is 6.26. The van der Waals surface area contributed by atoms with Crippen LogP contribution in [0, 0.1) is 17.1 Å². The van der Waals surface area contributed by atoms with Gasteiger partial charge in [-0.3, -0.25) is 4.79 Å². The number of rotatable bonds is 6. The first kappa shape index (κ1) is 21.4. The topological polar surface area (TPSA) is 62.1 Å². The zero-order valence-electron chi connectivity index (χ0n) is 15.5. The number of benzene rings is 3. The molecule has 3 aromatic rings. The third kappa shape index (κ3) is 5.84. The first-order chi connectivity index (χ1) is 14.4. The summed E-state index contributed by atoms with van der Waals surface area (Å²) in [6.45, 7) is 0.108. The summed E-state index contributed by atoms with van der Waals surface area (Å²) in [4.78, 5) is 12.5. The molecule has 0 aliphatic carbocycles. The van der Waals surface area contributed by atoms with Crippen LogP contribution in [0.5, 0.6) is 5.75 Å². The Bertz CT molecular complexity index is 1160. The second-order valence-corrected chi connectivity index (χ2v) is 7.11. The van der Waals surface area contributed by atoms with Crippen molar-refractivity contribution in [2.24, 2.45) is 0 Å². The normalized spacial score (nSPS) is 10.9. The fraction of sp³-hybridized carbons (Fsp3) is 0.0435. The standard InChI is InChI=1S/C23H15Cl2FN2O2/c24-18-4-2-6-21(12-18)28-23(29)17(13-27)10-16-11-19(25)7-8-22(16)30-14-15-3-1-5-20(26)9-15/h1-12H,14H2,(H,28,29)/b17-10+. The van der Waals surface area contributed by atoms with E-state index in [2.05, 4.69) is 5.32 Å². The van der Waals surface area contributed by atoms with Crippen LogP contribution >= 0.6 is 23.2 Å². The van der Waals surface area contributed by atoms with Gasteiger partial charge in [-0.15, -0.1) is 0 Å². The van der Waals surface area contributed by atoms with E-state index in [4.69, 9.17) is 27.9 Å². The molecular weight excluding hydrogens is 426 g/mol. The molecule has 1 amide bonds. The van der Waals surface area contributed by atoms with Gasteiger partial charge >= 0.3 is 0 Å². The molecule has 0 spiro atoms. The smallest absolute Gasteiger partial charge is 0.266 e. The van der Waals surface area contributed by atoms with Crippen molar-refractivity contribution in [3.05, 3.63) is 99.3 Å². The second kappa shape index (κ2) is 9.93. The van der Waals surface area contributed by atoms with Gasteiger partial charge in [-0.1, -0.05) is 41.4 Å². The SMILES string of the molecule is N#C/C(=C\c1cc(Cl)ccc1OCc1cccc(F)c1)C(=O)Nc1cccc(Cl)c1. The van der Waals surface area contributed by atoms with Gasteiger partial charge in [0.25, 0.3) is 5.91 Å². The molecule has 0 aliphatic heterocycles. The van der Waals surface area contributed by atoms with Gasteiger partial charge in [-0.05, 0) is 60.2 Å². The Labute approximate surface area is 183 Å². The molecule has 0 saturated heterocycles. The number of nitriles is 1. The van der Waals surface area contributed by atoms with E-state index in [1.807, 2.05) is 6.07 Å². The summed E-state index contributed by atoms with van der Waals surface area (Å²) in [7, 11) is 0. The van der Waals surface area contributed by atoms with Crippen molar-refractivity contribution in [3.63, 3.8) is 0 Å². The van der Waals surface area contributed by atoms with E-state index in [0.717, 1.165) is 0 Å². The molecule has 0 saturated carbocycles. The number of carbonyl (C=O) groups excluding carboxylic acids is 1. The van der Waals surface area contributed by atoms with Crippen molar-refractivity contribution in [2.75, 3.05) is 5.32 Å². The fourth-order valence-electron chi connectivity index (χ4n) is 2.62. The molecule has 0 atom stereocenters. The summed E-state index contributed by atoms with van der Waals surface area (Å²) in [6.07, 6.45) is 1.38. The van der Waals surface area contributed by atoms with E-state index in [1.165, 1.54) is 18.2 Å². The number of hydrogen-bond acceptors (Lipinski definition) is 3. The van der Waals surface area contributed by atoms with Crippen LogP contribution in [-0.2, 0) is 11.4 Å². The minimum Gasteiger partial charge on any atom is -0.488 e. The maximum atomic E-state index is 13.4. The third-order valence-electron chi connectivity index (χ3n) is 4.00. The van der Waals surface area contributed by atoms with Crippen LogP contribution in [0.3, 0.4) is 0 Å². The first-order valence-electron chi connectivity index (χ1n) is 8.80. The number of hydrogen-bond donors (Lipinski definition) is 1. The quantitative estimate of drug-likeness (QED) is 0.363. The van der Waals surface area contributed by atoms with E-state index < -0.39 is 5.91 Å². The average Bonchev–Trinajstić information content (AvgIpc) is 2.71. The molecule has 1 N–H and O–H groups in total. The molecule has 30 heavy (non-hydrogen) atoms. The van der Waals surface area contributed by atoms with Crippen LogP contribution in [0.15, 0.2) is 72.3 Å².